The number of benzene rings is 1. The molecule has 0 aliphatic rings. The van der Waals surface area contributed by atoms with Crippen LogP contribution in [-0.4, -0.2) is 17.4 Å². The van der Waals surface area contributed by atoms with Gasteiger partial charge in [-0.05, 0) is 35.6 Å². The van der Waals surface area contributed by atoms with Gasteiger partial charge in [0, 0.05) is 17.1 Å². The number of nitrogens with one attached hydrogen (secondary N) is 2. The SMILES string of the molecule is O=C(NCCc1cccs1)c1ccc(-c2ccccc2)[nH]c1=O. The Bertz CT molecular complexity index is 839. The van der Waals surface area contributed by atoms with Crippen molar-refractivity contribution in [2.24, 2.45) is 0 Å². The molecule has 2 N–H and O–H groups in total. The Balaban J connectivity index is 1.68. The third-order valence-corrected chi connectivity index (χ3v) is 4.41. The lowest BCUT2D eigenvalue weighted by atomic mass is 10.1. The predicted octanol–water partition coefficient (Wildman–Crippen LogP) is 3.08. The third kappa shape index (κ3) is 3.76. The Morgan fingerprint density at radius 3 is 2.57 bits per heavy atom. The lowest BCUT2D eigenvalue weighted by molar-refractivity contribution is 0.0952. The quantitative estimate of drug-likeness (QED) is 0.757. The van der Waals surface area contributed by atoms with Crippen molar-refractivity contribution in [3.05, 3.63) is 80.8 Å². The number of amides is 1. The van der Waals surface area contributed by atoms with Gasteiger partial charge in [-0.25, -0.2) is 0 Å². The fourth-order valence-electron chi connectivity index (χ4n) is 2.29. The zero-order chi connectivity index (χ0) is 16.1. The monoisotopic (exact) mass is 324 g/mol. The highest BCUT2D eigenvalue weighted by Gasteiger charge is 2.11. The molecule has 0 aliphatic carbocycles. The molecular formula is C18H16N2O2S. The largest absolute Gasteiger partial charge is 0.352 e. The molecule has 0 saturated heterocycles. The van der Waals surface area contributed by atoms with Gasteiger partial charge < -0.3 is 10.3 Å². The fraction of sp³-hybridized carbons (Fsp3) is 0.111. The smallest absolute Gasteiger partial charge is 0.261 e. The van der Waals surface area contributed by atoms with E-state index in [0.717, 1.165) is 12.0 Å². The maximum atomic E-state index is 12.1. The summed E-state index contributed by atoms with van der Waals surface area (Å²) in [6.07, 6.45) is 0.767. The van der Waals surface area contributed by atoms with Crippen LogP contribution in [0.5, 0.6) is 0 Å². The summed E-state index contributed by atoms with van der Waals surface area (Å²) < 4.78 is 0. The maximum absolute atomic E-state index is 12.1. The Hall–Kier alpha value is -2.66. The van der Waals surface area contributed by atoms with Crippen molar-refractivity contribution < 1.29 is 4.79 Å². The van der Waals surface area contributed by atoms with E-state index in [1.54, 1.807) is 23.5 Å². The van der Waals surface area contributed by atoms with Crippen molar-refractivity contribution in [1.29, 1.82) is 0 Å². The molecule has 3 aromatic rings. The van der Waals surface area contributed by atoms with Crippen LogP contribution in [0.3, 0.4) is 0 Å². The summed E-state index contributed by atoms with van der Waals surface area (Å²) in [7, 11) is 0. The van der Waals surface area contributed by atoms with E-state index in [4.69, 9.17) is 0 Å². The first kappa shape index (κ1) is 15.2. The number of carbonyl (C=O) groups excluding carboxylic acids is 1. The van der Waals surface area contributed by atoms with Gasteiger partial charge in [0.2, 0.25) is 0 Å². The molecule has 23 heavy (non-hydrogen) atoms. The normalized spacial score (nSPS) is 10.4. The zero-order valence-corrected chi connectivity index (χ0v) is 13.2. The molecule has 2 aromatic heterocycles. The van der Waals surface area contributed by atoms with Gasteiger partial charge in [0.15, 0.2) is 0 Å². The van der Waals surface area contributed by atoms with Crippen LogP contribution in [0.15, 0.2) is 64.8 Å². The minimum atomic E-state index is -0.375. The minimum absolute atomic E-state index is 0.135. The van der Waals surface area contributed by atoms with Crippen LogP contribution in [0.1, 0.15) is 15.2 Å². The molecule has 0 bridgehead atoms. The van der Waals surface area contributed by atoms with Gasteiger partial charge in [0.1, 0.15) is 5.56 Å². The van der Waals surface area contributed by atoms with Crippen molar-refractivity contribution in [3.63, 3.8) is 0 Å². The van der Waals surface area contributed by atoms with Crippen LogP contribution in [0, 0.1) is 0 Å². The molecule has 116 valence electrons. The number of aromatic nitrogens is 1. The number of hydrogen-bond acceptors (Lipinski definition) is 3. The van der Waals surface area contributed by atoms with Gasteiger partial charge in [-0.15, -0.1) is 11.3 Å². The first-order valence-corrected chi connectivity index (χ1v) is 8.21. The Labute approximate surface area is 137 Å². The van der Waals surface area contributed by atoms with Gasteiger partial charge in [-0.1, -0.05) is 36.4 Å². The third-order valence-electron chi connectivity index (χ3n) is 3.48. The van der Waals surface area contributed by atoms with Crippen LogP contribution in [0.4, 0.5) is 0 Å². The second kappa shape index (κ2) is 7.07. The number of aromatic amines is 1. The molecule has 1 amide bonds. The van der Waals surface area contributed by atoms with E-state index in [0.29, 0.717) is 12.2 Å². The zero-order valence-electron chi connectivity index (χ0n) is 12.4. The summed E-state index contributed by atoms with van der Waals surface area (Å²) in [6.45, 7) is 0.513. The molecule has 0 atom stereocenters. The van der Waals surface area contributed by atoms with E-state index >= 15 is 0 Å². The number of H-pyrrole nitrogens is 1. The van der Waals surface area contributed by atoms with Gasteiger partial charge in [0.25, 0.3) is 11.5 Å². The maximum Gasteiger partial charge on any atom is 0.261 e. The summed E-state index contributed by atoms with van der Waals surface area (Å²) in [6, 6.07) is 16.9. The second-order valence-electron chi connectivity index (χ2n) is 5.07. The first-order valence-electron chi connectivity index (χ1n) is 7.33. The number of carbonyl (C=O) groups is 1. The minimum Gasteiger partial charge on any atom is -0.352 e. The molecular weight excluding hydrogens is 308 g/mol. The number of thiophene rings is 1. The Kier molecular flexibility index (Phi) is 4.68. The van der Waals surface area contributed by atoms with Crippen molar-refractivity contribution in [3.8, 4) is 11.3 Å². The fourth-order valence-corrected chi connectivity index (χ4v) is 3.00. The molecule has 0 radical (unpaired) electrons. The lowest BCUT2D eigenvalue weighted by Crippen LogP contribution is -2.30. The standard InChI is InChI=1S/C18H16N2O2S/c21-17(19-11-10-14-7-4-12-23-14)15-8-9-16(20-18(15)22)13-5-2-1-3-6-13/h1-9,12H,10-11H2,(H,19,21)(H,20,22). The first-order chi connectivity index (χ1) is 11.2. The molecule has 0 spiro atoms. The molecule has 1 aromatic carbocycles. The average molecular weight is 324 g/mol. The van der Waals surface area contributed by atoms with Crippen LogP contribution in [0.25, 0.3) is 11.3 Å². The van der Waals surface area contributed by atoms with E-state index in [1.807, 2.05) is 47.8 Å². The van der Waals surface area contributed by atoms with E-state index in [1.165, 1.54) is 4.88 Å². The van der Waals surface area contributed by atoms with Gasteiger partial charge in [-0.3, -0.25) is 9.59 Å². The molecule has 5 heteroatoms. The molecule has 4 nitrogen and oxygen atoms in total. The highest BCUT2D eigenvalue weighted by Crippen LogP contribution is 2.14. The highest BCUT2D eigenvalue weighted by atomic mass is 32.1. The summed E-state index contributed by atoms with van der Waals surface area (Å²) in [5.74, 6) is -0.345. The highest BCUT2D eigenvalue weighted by molar-refractivity contribution is 7.09. The van der Waals surface area contributed by atoms with Crippen molar-refractivity contribution >= 4 is 17.2 Å². The molecule has 0 fully saturated rings. The van der Waals surface area contributed by atoms with Gasteiger partial charge >= 0.3 is 0 Å². The predicted molar refractivity (Wildman–Crippen MR) is 92.9 cm³/mol. The number of pyridine rings is 1. The van der Waals surface area contributed by atoms with E-state index in [-0.39, 0.29) is 17.0 Å². The van der Waals surface area contributed by atoms with Crippen molar-refractivity contribution in [2.75, 3.05) is 6.54 Å². The summed E-state index contributed by atoms with van der Waals surface area (Å²) in [5.41, 5.74) is 1.37. The van der Waals surface area contributed by atoms with Crippen LogP contribution >= 0.6 is 11.3 Å². The van der Waals surface area contributed by atoms with E-state index < -0.39 is 0 Å². The van der Waals surface area contributed by atoms with Crippen molar-refractivity contribution in [2.45, 2.75) is 6.42 Å². The summed E-state index contributed by atoms with van der Waals surface area (Å²) in [4.78, 5) is 28.2. The van der Waals surface area contributed by atoms with Gasteiger partial charge in [0.05, 0.1) is 0 Å². The average Bonchev–Trinajstić information content (AvgIpc) is 3.09. The molecule has 0 aliphatic heterocycles. The Morgan fingerprint density at radius 1 is 1.04 bits per heavy atom. The molecule has 2 heterocycles. The number of hydrogen-bond donors (Lipinski definition) is 2. The Morgan fingerprint density at radius 2 is 1.87 bits per heavy atom. The number of rotatable bonds is 5. The topological polar surface area (TPSA) is 62.0 Å². The molecule has 0 unspecified atom stereocenters. The summed E-state index contributed by atoms with van der Waals surface area (Å²) in [5, 5.41) is 4.79. The van der Waals surface area contributed by atoms with Crippen molar-refractivity contribution in [1.82, 2.24) is 10.3 Å². The lowest BCUT2D eigenvalue weighted by Gasteiger charge is -2.06. The van der Waals surface area contributed by atoms with E-state index in [2.05, 4.69) is 10.3 Å². The van der Waals surface area contributed by atoms with Crippen LogP contribution in [-0.2, 0) is 6.42 Å². The van der Waals surface area contributed by atoms with Crippen LogP contribution in [0.2, 0.25) is 0 Å². The van der Waals surface area contributed by atoms with Crippen LogP contribution < -0.4 is 10.9 Å². The van der Waals surface area contributed by atoms with E-state index in [9.17, 15) is 9.59 Å². The second-order valence-corrected chi connectivity index (χ2v) is 6.10. The van der Waals surface area contributed by atoms with Gasteiger partial charge in [-0.2, -0.15) is 0 Å². The summed E-state index contributed by atoms with van der Waals surface area (Å²) >= 11 is 1.65. The molecule has 0 saturated carbocycles. The molecule has 3 rings (SSSR count).